The highest BCUT2D eigenvalue weighted by molar-refractivity contribution is 6.24. The molecular formula is C29H48BNO3. The minimum atomic E-state index is -0.185. The van der Waals surface area contributed by atoms with E-state index in [0.717, 1.165) is 24.8 Å². The smallest absolute Gasteiger partial charge is 0.361 e. The van der Waals surface area contributed by atoms with Gasteiger partial charge in [-0.05, 0) is 108 Å². The van der Waals surface area contributed by atoms with Crippen LogP contribution in [0.15, 0.2) is 11.1 Å². The maximum atomic E-state index is 13.4. The molecule has 4 fully saturated rings. The SMILES string of the molecule is COBN[C@@]12CCC3[C@H](CCC4[C@@]3(C)CCC3C(C)(C)[C@@H](O)CC[C@@]34C)C1=C(C(C)C)C(=O)C2. The molecule has 5 aliphatic carbocycles. The summed E-state index contributed by atoms with van der Waals surface area (Å²) in [5.74, 6) is 3.15. The molecule has 2 N–H and O–H groups in total. The summed E-state index contributed by atoms with van der Waals surface area (Å²) in [5, 5.41) is 14.6. The van der Waals surface area contributed by atoms with Gasteiger partial charge in [0.25, 0.3) is 0 Å². The number of hydrogen-bond donors (Lipinski definition) is 2. The van der Waals surface area contributed by atoms with Crippen molar-refractivity contribution in [1.82, 2.24) is 5.23 Å². The van der Waals surface area contributed by atoms with Crippen molar-refractivity contribution in [3.8, 4) is 0 Å². The zero-order chi connectivity index (χ0) is 24.7. The number of aliphatic hydroxyl groups excluding tert-OH is 1. The molecule has 34 heavy (non-hydrogen) atoms. The Hall–Kier alpha value is -0.645. The fraction of sp³-hybridized carbons (Fsp3) is 0.897. The number of Topliss-reactive ketones (excluding diaryl/α,β-unsaturated/α-hetero) is 1. The summed E-state index contributed by atoms with van der Waals surface area (Å²) in [6.07, 6.45) is 9.81. The first kappa shape index (κ1) is 25.0. The normalized spacial score (nSPS) is 47.7. The average molecular weight is 470 g/mol. The van der Waals surface area contributed by atoms with Gasteiger partial charge in [-0.25, -0.2) is 0 Å². The molecule has 190 valence electrons. The van der Waals surface area contributed by atoms with E-state index in [2.05, 4.69) is 46.8 Å². The molecule has 0 heterocycles. The molecule has 0 bridgehead atoms. The first-order valence-electron chi connectivity index (χ1n) is 14.1. The highest BCUT2D eigenvalue weighted by Gasteiger charge is 2.66. The van der Waals surface area contributed by atoms with Gasteiger partial charge < -0.3 is 15.0 Å². The molecule has 0 aromatic carbocycles. The van der Waals surface area contributed by atoms with Crippen LogP contribution in [0.2, 0.25) is 0 Å². The standard InChI is InChI=1S/C29H48BNO3/c1-17(2)24-20(32)16-29(31-30-34-7)15-10-19-18(25(24)29)8-9-22-27(19,5)13-11-21-26(3,4)23(33)12-14-28(21,22)6/h17-19,21-23,30-31,33H,8-16H2,1-7H3/t18-,19?,21?,22?,23-,27-,28-,29+/m0/s1. The van der Waals surface area contributed by atoms with E-state index in [-0.39, 0.29) is 23.0 Å². The van der Waals surface area contributed by atoms with E-state index in [4.69, 9.17) is 4.65 Å². The van der Waals surface area contributed by atoms with Crippen LogP contribution in [0.3, 0.4) is 0 Å². The highest BCUT2D eigenvalue weighted by Crippen LogP contribution is 2.71. The Kier molecular flexibility index (Phi) is 6.02. The summed E-state index contributed by atoms with van der Waals surface area (Å²) < 4.78 is 5.46. The molecule has 3 unspecified atom stereocenters. The van der Waals surface area contributed by atoms with Crippen LogP contribution < -0.4 is 5.23 Å². The van der Waals surface area contributed by atoms with Crippen LogP contribution in [0.1, 0.15) is 99.3 Å². The van der Waals surface area contributed by atoms with Crippen molar-refractivity contribution >= 4 is 13.4 Å². The third-order valence-corrected chi connectivity index (χ3v) is 12.1. The molecule has 5 heteroatoms. The first-order valence-corrected chi connectivity index (χ1v) is 14.1. The average Bonchev–Trinajstić information content (AvgIpc) is 3.07. The zero-order valence-corrected chi connectivity index (χ0v) is 22.8. The summed E-state index contributed by atoms with van der Waals surface area (Å²) in [6, 6.07) is 0. The predicted molar refractivity (Wildman–Crippen MR) is 138 cm³/mol. The van der Waals surface area contributed by atoms with Gasteiger partial charge in [0.15, 0.2) is 5.78 Å². The molecule has 0 spiro atoms. The quantitative estimate of drug-likeness (QED) is 0.557. The van der Waals surface area contributed by atoms with E-state index in [1.165, 1.54) is 37.7 Å². The molecule has 5 aliphatic rings. The Morgan fingerprint density at radius 1 is 0.971 bits per heavy atom. The lowest BCUT2D eigenvalue weighted by Gasteiger charge is -2.68. The Labute approximate surface area is 208 Å². The molecule has 4 saturated carbocycles. The van der Waals surface area contributed by atoms with Crippen LogP contribution in [0.5, 0.6) is 0 Å². The first-order chi connectivity index (χ1) is 15.9. The number of nitrogens with one attached hydrogen (secondary N) is 1. The lowest BCUT2D eigenvalue weighted by molar-refractivity contribution is -0.201. The van der Waals surface area contributed by atoms with Crippen LogP contribution in [0.4, 0.5) is 0 Å². The fourth-order valence-corrected chi connectivity index (χ4v) is 10.7. The number of fused-ring (bicyclic) bond motifs is 7. The number of rotatable bonds is 4. The molecule has 5 rings (SSSR count). The Bertz CT molecular complexity index is 883. The predicted octanol–water partition coefficient (Wildman–Crippen LogP) is 5.19. The summed E-state index contributed by atoms with van der Waals surface area (Å²) >= 11 is 0. The minimum absolute atomic E-state index is 0.00216. The lowest BCUT2D eigenvalue weighted by atomic mass is 9.37. The van der Waals surface area contributed by atoms with Gasteiger partial charge in [-0.2, -0.15) is 0 Å². The van der Waals surface area contributed by atoms with Gasteiger partial charge in [0, 0.05) is 19.1 Å². The van der Waals surface area contributed by atoms with E-state index >= 15 is 0 Å². The number of carbonyl (C=O) groups is 1. The number of hydrogen-bond acceptors (Lipinski definition) is 4. The van der Waals surface area contributed by atoms with E-state index in [0.29, 0.717) is 54.3 Å². The van der Waals surface area contributed by atoms with Gasteiger partial charge >= 0.3 is 7.62 Å². The van der Waals surface area contributed by atoms with Crippen molar-refractivity contribution < 1.29 is 14.6 Å². The van der Waals surface area contributed by atoms with E-state index < -0.39 is 0 Å². The van der Waals surface area contributed by atoms with Crippen LogP contribution in [-0.4, -0.2) is 37.3 Å². The number of aliphatic hydroxyl groups is 1. The van der Waals surface area contributed by atoms with Gasteiger partial charge in [-0.1, -0.05) is 41.5 Å². The molecule has 0 aliphatic heterocycles. The van der Waals surface area contributed by atoms with Crippen LogP contribution in [0, 0.1) is 45.8 Å². The highest BCUT2D eigenvalue weighted by atomic mass is 16.4. The van der Waals surface area contributed by atoms with Crippen molar-refractivity contribution in [3.63, 3.8) is 0 Å². The summed E-state index contributed by atoms with van der Waals surface area (Å²) in [5.41, 5.74) is 3.07. The largest absolute Gasteiger partial charge is 0.427 e. The number of carbonyl (C=O) groups excluding carboxylic acids is 1. The van der Waals surface area contributed by atoms with Crippen LogP contribution in [-0.2, 0) is 9.45 Å². The fourth-order valence-electron chi connectivity index (χ4n) is 10.7. The molecule has 4 nitrogen and oxygen atoms in total. The molecule has 0 amide bonds. The Morgan fingerprint density at radius 2 is 1.68 bits per heavy atom. The van der Waals surface area contributed by atoms with Gasteiger partial charge in [0.05, 0.1) is 6.10 Å². The van der Waals surface area contributed by atoms with Crippen molar-refractivity contribution in [1.29, 1.82) is 0 Å². The maximum absolute atomic E-state index is 13.4. The Balaban J connectivity index is 1.54. The van der Waals surface area contributed by atoms with E-state index in [9.17, 15) is 9.90 Å². The molecule has 8 atom stereocenters. The van der Waals surface area contributed by atoms with Crippen molar-refractivity contribution in [2.24, 2.45) is 45.8 Å². The number of allylic oxidation sites excluding steroid dienone is 1. The van der Waals surface area contributed by atoms with Crippen molar-refractivity contribution in [2.45, 2.75) is 111 Å². The van der Waals surface area contributed by atoms with Crippen LogP contribution >= 0.6 is 0 Å². The second-order valence-electron chi connectivity index (χ2n) is 14.1. The van der Waals surface area contributed by atoms with Gasteiger partial charge in [0.1, 0.15) is 0 Å². The van der Waals surface area contributed by atoms with E-state index in [1.54, 1.807) is 7.11 Å². The third kappa shape index (κ3) is 3.25. The lowest BCUT2D eigenvalue weighted by Crippen LogP contribution is -2.64. The summed E-state index contributed by atoms with van der Waals surface area (Å²) in [7, 11) is 2.25. The van der Waals surface area contributed by atoms with Crippen molar-refractivity contribution in [2.75, 3.05) is 7.11 Å². The summed E-state index contributed by atoms with van der Waals surface area (Å²) in [6.45, 7) is 14.3. The third-order valence-electron chi connectivity index (χ3n) is 12.1. The van der Waals surface area contributed by atoms with Crippen LogP contribution in [0.25, 0.3) is 0 Å². The molecule has 0 aromatic heterocycles. The zero-order valence-electron chi connectivity index (χ0n) is 22.8. The van der Waals surface area contributed by atoms with E-state index in [1.807, 2.05) is 0 Å². The maximum Gasteiger partial charge on any atom is 0.361 e. The second kappa shape index (κ2) is 8.18. The molecular weight excluding hydrogens is 421 g/mol. The molecule has 0 radical (unpaired) electrons. The Morgan fingerprint density at radius 3 is 2.35 bits per heavy atom. The topological polar surface area (TPSA) is 58.6 Å². The minimum Gasteiger partial charge on any atom is -0.427 e. The van der Waals surface area contributed by atoms with Crippen molar-refractivity contribution in [3.05, 3.63) is 11.1 Å². The molecule has 0 aromatic rings. The number of ketones is 1. The second-order valence-corrected chi connectivity index (χ2v) is 14.1. The van der Waals surface area contributed by atoms with Gasteiger partial charge in [0.2, 0.25) is 0 Å². The van der Waals surface area contributed by atoms with Gasteiger partial charge in [-0.3, -0.25) is 4.79 Å². The van der Waals surface area contributed by atoms with Gasteiger partial charge in [-0.15, -0.1) is 0 Å². The summed E-state index contributed by atoms with van der Waals surface area (Å²) in [4.78, 5) is 13.4. The molecule has 0 saturated heterocycles. The monoisotopic (exact) mass is 469 g/mol.